The fourth-order valence-corrected chi connectivity index (χ4v) is 1.61. The molecule has 0 aromatic rings. The summed E-state index contributed by atoms with van der Waals surface area (Å²) in [6.45, 7) is 4.00. The molecule has 0 amide bonds. The van der Waals surface area contributed by atoms with Gasteiger partial charge in [0.05, 0.1) is 0 Å². The summed E-state index contributed by atoms with van der Waals surface area (Å²) in [6.07, 6.45) is -3.33. The SMILES string of the molecule is CO[C@@H]([C@@H](O)[C@@H](C)OC(C)=O)[C@H](COC(C)=O)OC. The molecule has 7 nitrogen and oxygen atoms in total. The lowest BCUT2D eigenvalue weighted by atomic mass is 10.0. The quantitative estimate of drug-likeness (QED) is 0.619. The summed E-state index contributed by atoms with van der Waals surface area (Å²) in [6, 6.07) is 0. The van der Waals surface area contributed by atoms with Gasteiger partial charge in [-0.1, -0.05) is 0 Å². The Morgan fingerprint density at radius 2 is 1.68 bits per heavy atom. The van der Waals surface area contributed by atoms with Crippen molar-refractivity contribution < 1.29 is 33.6 Å². The molecule has 0 spiro atoms. The summed E-state index contributed by atoms with van der Waals surface area (Å²) < 4.78 is 20.0. The summed E-state index contributed by atoms with van der Waals surface area (Å²) in [5.41, 5.74) is 0. The number of carbonyl (C=O) groups is 2. The van der Waals surface area contributed by atoms with Crippen LogP contribution >= 0.6 is 0 Å². The second kappa shape index (κ2) is 8.84. The van der Waals surface area contributed by atoms with E-state index in [0.717, 1.165) is 0 Å². The van der Waals surface area contributed by atoms with Gasteiger partial charge in [-0.3, -0.25) is 9.59 Å². The molecule has 0 fully saturated rings. The molecule has 7 heteroatoms. The lowest BCUT2D eigenvalue weighted by molar-refractivity contribution is -0.171. The van der Waals surface area contributed by atoms with Crippen LogP contribution in [0.3, 0.4) is 0 Å². The summed E-state index contributed by atoms with van der Waals surface area (Å²) in [7, 11) is 2.79. The van der Waals surface area contributed by atoms with Gasteiger partial charge in [0, 0.05) is 28.1 Å². The van der Waals surface area contributed by atoms with E-state index in [1.54, 1.807) is 0 Å². The van der Waals surface area contributed by atoms with E-state index in [9.17, 15) is 14.7 Å². The minimum atomic E-state index is -1.10. The van der Waals surface area contributed by atoms with Crippen molar-refractivity contribution in [3.05, 3.63) is 0 Å². The van der Waals surface area contributed by atoms with Crippen LogP contribution in [-0.4, -0.2) is 62.3 Å². The van der Waals surface area contributed by atoms with E-state index >= 15 is 0 Å². The predicted octanol–water partition coefficient (Wildman–Crippen LogP) is -0.108. The average molecular weight is 278 g/mol. The van der Waals surface area contributed by atoms with E-state index < -0.39 is 36.4 Å². The maximum Gasteiger partial charge on any atom is 0.302 e. The fourth-order valence-electron chi connectivity index (χ4n) is 1.61. The topological polar surface area (TPSA) is 91.3 Å². The standard InChI is InChI=1S/C12H22O7/c1-7(19-9(3)14)11(15)12(17-5)10(16-4)6-18-8(2)13/h7,10-12,15H,6H2,1-5H3/t7-,10+,11+,12-/m1/s1. The first-order chi connectivity index (χ1) is 8.83. The third-order valence-electron chi connectivity index (χ3n) is 2.56. The largest absolute Gasteiger partial charge is 0.463 e. The van der Waals surface area contributed by atoms with E-state index in [0.29, 0.717) is 0 Å². The van der Waals surface area contributed by atoms with Crippen LogP contribution in [0.2, 0.25) is 0 Å². The number of hydrogen-bond acceptors (Lipinski definition) is 7. The molecule has 0 radical (unpaired) electrons. The minimum absolute atomic E-state index is 0.0613. The Balaban J connectivity index is 4.64. The molecule has 1 N–H and O–H groups in total. The van der Waals surface area contributed by atoms with Gasteiger partial charge in [-0.05, 0) is 6.92 Å². The third kappa shape index (κ3) is 6.51. The Labute approximate surface area is 112 Å². The molecule has 0 unspecified atom stereocenters. The highest BCUT2D eigenvalue weighted by Crippen LogP contribution is 2.14. The number of rotatable bonds is 8. The van der Waals surface area contributed by atoms with Crippen LogP contribution in [0.4, 0.5) is 0 Å². The molecule has 112 valence electrons. The second-order valence-corrected chi connectivity index (χ2v) is 4.08. The van der Waals surface area contributed by atoms with Crippen LogP contribution in [0.1, 0.15) is 20.8 Å². The molecule has 0 aromatic carbocycles. The zero-order valence-corrected chi connectivity index (χ0v) is 11.9. The van der Waals surface area contributed by atoms with Crippen LogP contribution in [-0.2, 0) is 28.5 Å². The van der Waals surface area contributed by atoms with Crippen LogP contribution in [0.5, 0.6) is 0 Å². The number of esters is 2. The van der Waals surface area contributed by atoms with Gasteiger partial charge >= 0.3 is 11.9 Å². The zero-order valence-electron chi connectivity index (χ0n) is 11.9. The highest BCUT2D eigenvalue weighted by molar-refractivity contribution is 5.66. The summed E-state index contributed by atoms with van der Waals surface area (Å²) in [5.74, 6) is -0.963. The molecule has 0 aromatic heterocycles. The number of hydrogen-bond donors (Lipinski definition) is 1. The van der Waals surface area contributed by atoms with E-state index in [-0.39, 0.29) is 6.61 Å². The molecule has 0 saturated heterocycles. The van der Waals surface area contributed by atoms with Crippen LogP contribution in [0.15, 0.2) is 0 Å². The molecule has 0 aliphatic heterocycles. The number of aliphatic hydroxyl groups is 1. The molecule has 0 heterocycles. The van der Waals surface area contributed by atoms with Gasteiger partial charge in [-0.25, -0.2) is 0 Å². The average Bonchev–Trinajstić information content (AvgIpc) is 2.32. The van der Waals surface area contributed by atoms with Crippen molar-refractivity contribution in [3.63, 3.8) is 0 Å². The molecular weight excluding hydrogens is 256 g/mol. The first-order valence-electron chi connectivity index (χ1n) is 5.87. The monoisotopic (exact) mass is 278 g/mol. The minimum Gasteiger partial charge on any atom is -0.463 e. The highest BCUT2D eigenvalue weighted by Gasteiger charge is 2.34. The van der Waals surface area contributed by atoms with E-state index in [2.05, 4.69) is 0 Å². The Kier molecular flexibility index (Phi) is 8.29. The maximum absolute atomic E-state index is 10.8. The lowest BCUT2D eigenvalue weighted by Gasteiger charge is -2.31. The van der Waals surface area contributed by atoms with Crippen molar-refractivity contribution >= 4 is 11.9 Å². The first kappa shape index (κ1) is 17.8. The van der Waals surface area contributed by atoms with E-state index in [1.807, 2.05) is 0 Å². The van der Waals surface area contributed by atoms with E-state index in [4.69, 9.17) is 18.9 Å². The molecule has 0 bridgehead atoms. The Hall–Kier alpha value is -1.18. The van der Waals surface area contributed by atoms with Gasteiger partial charge in [0.25, 0.3) is 0 Å². The van der Waals surface area contributed by atoms with Gasteiger partial charge < -0.3 is 24.1 Å². The molecule has 0 aliphatic rings. The highest BCUT2D eigenvalue weighted by atomic mass is 16.6. The van der Waals surface area contributed by atoms with Gasteiger partial charge in [0.15, 0.2) is 0 Å². The Morgan fingerprint density at radius 1 is 1.11 bits per heavy atom. The normalized spacial score (nSPS) is 17.2. The molecule has 0 rings (SSSR count). The maximum atomic E-state index is 10.8. The van der Waals surface area contributed by atoms with Gasteiger partial charge in [0.2, 0.25) is 0 Å². The van der Waals surface area contributed by atoms with Crippen LogP contribution < -0.4 is 0 Å². The number of ether oxygens (including phenoxy) is 4. The first-order valence-corrected chi connectivity index (χ1v) is 5.87. The van der Waals surface area contributed by atoms with E-state index in [1.165, 1.54) is 35.0 Å². The zero-order chi connectivity index (χ0) is 15.0. The lowest BCUT2D eigenvalue weighted by Crippen LogP contribution is -2.48. The predicted molar refractivity (Wildman–Crippen MR) is 65.5 cm³/mol. The fraction of sp³-hybridized carbons (Fsp3) is 0.833. The molecule has 19 heavy (non-hydrogen) atoms. The second-order valence-electron chi connectivity index (χ2n) is 4.08. The van der Waals surface area contributed by atoms with Crippen molar-refractivity contribution in [2.45, 2.75) is 45.2 Å². The summed E-state index contributed by atoms with van der Waals surface area (Å²) in [5, 5.41) is 10.1. The summed E-state index contributed by atoms with van der Waals surface area (Å²) >= 11 is 0. The summed E-state index contributed by atoms with van der Waals surface area (Å²) in [4.78, 5) is 21.6. The third-order valence-corrected chi connectivity index (χ3v) is 2.56. The molecule has 0 saturated carbocycles. The number of carbonyl (C=O) groups excluding carboxylic acids is 2. The smallest absolute Gasteiger partial charge is 0.302 e. The number of methoxy groups -OCH3 is 2. The molecule has 0 aliphatic carbocycles. The Bertz CT molecular complexity index is 290. The van der Waals surface area contributed by atoms with Gasteiger partial charge in [0.1, 0.15) is 31.0 Å². The molecule has 4 atom stereocenters. The van der Waals surface area contributed by atoms with Crippen molar-refractivity contribution in [1.29, 1.82) is 0 Å². The van der Waals surface area contributed by atoms with Gasteiger partial charge in [-0.15, -0.1) is 0 Å². The molecular formula is C12H22O7. The van der Waals surface area contributed by atoms with Crippen molar-refractivity contribution in [3.8, 4) is 0 Å². The van der Waals surface area contributed by atoms with Crippen molar-refractivity contribution in [2.75, 3.05) is 20.8 Å². The van der Waals surface area contributed by atoms with Crippen molar-refractivity contribution in [1.82, 2.24) is 0 Å². The Morgan fingerprint density at radius 3 is 2.05 bits per heavy atom. The van der Waals surface area contributed by atoms with Gasteiger partial charge in [-0.2, -0.15) is 0 Å². The van der Waals surface area contributed by atoms with Crippen LogP contribution in [0, 0.1) is 0 Å². The number of aliphatic hydroxyl groups excluding tert-OH is 1. The van der Waals surface area contributed by atoms with Crippen molar-refractivity contribution in [2.24, 2.45) is 0 Å². The van der Waals surface area contributed by atoms with Crippen LogP contribution in [0.25, 0.3) is 0 Å².